The molecule has 3 heteroatoms. The molecule has 1 N–H and O–H groups in total. The zero-order chi connectivity index (χ0) is 11.8. The maximum absolute atomic E-state index is 11.9. The third-order valence-corrected chi connectivity index (χ3v) is 4.52. The molecule has 2 aliphatic carbocycles. The van der Waals surface area contributed by atoms with Crippen LogP contribution >= 0.6 is 15.9 Å². The molecule has 0 radical (unpaired) electrons. The van der Waals surface area contributed by atoms with E-state index in [1.165, 1.54) is 6.42 Å². The van der Waals surface area contributed by atoms with Gasteiger partial charge in [-0.3, -0.25) is 4.79 Å². The molecule has 90 valence electrons. The summed E-state index contributed by atoms with van der Waals surface area (Å²) in [5, 5.41) is 3.05. The summed E-state index contributed by atoms with van der Waals surface area (Å²) in [4.78, 5) is 11.9. The largest absolute Gasteiger partial charge is 0.352 e. The van der Waals surface area contributed by atoms with E-state index < -0.39 is 0 Å². The maximum Gasteiger partial charge on any atom is 0.223 e. The first-order chi connectivity index (χ1) is 8.22. The van der Waals surface area contributed by atoms with Crippen molar-refractivity contribution in [3.8, 4) is 0 Å². The first-order valence-corrected chi connectivity index (χ1v) is 7.04. The first kappa shape index (κ1) is 11.3. The van der Waals surface area contributed by atoms with Crippen molar-refractivity contribution >= 4 is 21.8 Å². The molecule has 0 bridgehead atoms. The molecule has 2 unspecified atom stereocenters. The second-order valence-corrected chi connectivity index (χ2v) is 6.18. The molecular formula is C14H16BrNO. The van der Waals surface area contributed by atoms with Crippen molar-refractivity contribution in [2.45, 2.75) is 25.8 Å². The van der Waals surface area contributed by atoms with Gasteiger partial charge in [-0.25, -0.2) is 0 Å². The Morgan fingerprint density at radius 1 is 1.18 bits per heavy atom. The van der Waals surface area contributed by atoms with Crippen LogP contribution in [0.5, 0.6) is 0 Å². The van der Waals surface area contributed by atoms with Crippen molar-refractivity contribution in [1.82, 2.24) is 5.32 Å². The number of nitrogens with one attached hydrogen (secondary N) is 1. The summed E-state index contributed by atoms with van der Waals surface area (Å²) < 4.78 is 1.07. The molecule has 0 aliphatic heterocycles. The molecule has 2 saturated carbocycles. The zero-order valence-corrected chi connectivity index (χ0v) is 11.2. The average molecular weight is 294 g/mol. The Balaban J connectivity index is 1.50. The van der Waals surface area contributed by atoms with Crippen LogP contribution in [0.1, 0.15) is 24.8 Å². The van der Waals surface area contributed by atoms with Gasteiger partial charge in [-0.05, 0) is 48.8 Å². The molecule has 2 atom stereocenters. The molecule has 0 saturated heterocycles. The minimum Gasteiger partial charge on any atom is -0.352 e. The van der Waals surface area contributed by atoms with E-state index in [0.29, 0.717) is 6.54 Å². The van der Waals surface area contributed by atoms with Gasteiger partial charge in [-0.15, -0.1) is 0 Å². The van der Waals surface area contributed by atoms with Crippen LogP contribution in [0.15, 0.2) is 28.7 Å². The number of hydrogen-bond donors (Lipinski definition) is 1. The molecular weight excluding hydrogens is 278 g/mol. The van der Waals surface area contributed by atoms with E-state index >= 15 is 0 Å². The highest BCUT2D eigenvalue weighted by Gasteiger charge is 2.47. The summed E-state index contributed by atoms with van der Waals surface area (Å²) in [6, 6.07) is 8.09. The number of halogens is 1. The van der Waals surface area contributed by atoms with Crippen molar-refractivity contribution in [3.05, 3.63) is 34.3 Å². The normalized spacial score (nSPS) is 29.8. The Morgan fingerprint density at radius 3 is 2.47 bits per heavy atom. The van der Waals surface area contributed by atoms with E-state index in [1.54, 1.807) is 0 Å². The molecule has 0 heterocycles. The van der Waals surface area contributed by atoms with E-state index in [0.717, 1.165) is 34.7 Å². The maximum atomic E-state index is 11.9. The van der Waals surface area contributed by atoms with E-state index in [2.05, 4.69) is 21.2 Å². The summed E-state index contributed by atoms with van der Waals surface area (Å²) in [5.41, 5.74) is 1.16. The van der Waals surface area contributed by atoms with Gasteiger partial charge in [0, 0.05) is 16.9 Å². The van der Waals surface area contributed by atoms with Gasteiger partial charge in [0.05, 0.1) is 0 Å². The fourth-order valence-electron chi connectivity index (χ4n) is 2.86. The van der Waals surface area contributed by atoms with Gasteiger partial charge < -0.3 is 5.32 Å². The van der Waals surface area contributed by atoms with E-state index in [9.17, 15) is 4.79 Å². The van der Waals surface area contributed by atoms with Gasteiger partial charge >= 0.3 is 0 Å². The average Bonchev–Trinajstić information content (AvgIpc) is 2.95. The number of hydrogen-bond acceptors (Lipinski definition) is 1. The van der Waals surface area contributed by atoms with Crippen LogP contribution in [-0.2, 0) is 11.3 Å². The van der Waals surface area contributed by atoms with Gasteiger partial charge in [0.1, 0.15) is 0 Å². The fourth-order valence-corrected chi connectivity index (χ4v) is 3.13. The van der Waals surface area contributed by atoms with Crippen LogP contribution in [0.4, 0.5) is 0 Å². The Labute approximate surface area is 110 Å². The highest BCUT2D eigenvalue weighted by molar-refractivity contribution is 9.10. The Kier molecular flexibility index (Phi) is 2.95. The van der Waals surface area contributed by atoms with E-state index in [4.69, 9.17) is 0 Å². The van der Waals surface area contributed by atoms with Gasteiger partial charge in [0.2, 0.25) is 5.91 Å². The minimum absolute atomic E-state index is 0.250. The number of fused-ring (bicyclic) bond motifs is 1. The Morgan fingerprint density at radius 2 is 1.82 bits per heavy atom. The predicted octanol–water partition coefficient (Wildman–Crippen LogP) is 3.11. The highest BCUT2D eigenvalue weighted by atomic mass is 79.9. The Hall–Kier alpha value is -0.830. The fraction of sp³-hybridized carbons (Fsp3) is 0.500. The quantitative estimate of drug-likeness (QED) is 0.912. The van der Waals surface area contributed by atoms with Crippen LogP contribution in [-0.4, -0.2) is 5.91 Å². The summed E-state index contributed by atoms with van der Waals surface area (Å²) in [6.45, 7) is 0.651. The van der Waals surface area contributed by atoms with Crippen LogP contribution < -0.4 is 5.32 Å². The lowest BCUT2D eigenvalue weighted by atomic mass is 10.0. The third-order valence-electron chi connectivity index (χ3n) is 3.99. The summed E-state index contributed by atoms with van der Waals surface area (Å²) in [6.07, 6.45) is 3.62. The molecule has 2 nitrogen and oxygen atoms in total. The Bertz CT molecular complexity index is 418. The molecule has 0 spiro atoms. The number of rotatable bonds is 3. The van der Waals surface area contributed by atoms with Crippen LogP contribution in [0.3, 0.4) is 0 Å². The minimum atomic E-state index is 0.250. The second-order valence-electron chi connectivity index (χ2n) is 5.27. The van der Waals surface area contributed by atoms with Crippen LogP contribution in [0.2, 0.25) is 0 Å². The van der Waals surface area contributed by atoms with Gasteiger partial charge in [-0.1, -0.05) is 28.1 Å². The number of carbonyl (C=O) groups excluding carboxylic acids is 1. The van der Waals surface area contributed by atoms with Crippen molar-refractivity contribution < 1.29 is 4.79 Å². The van der Waals surface area contributed by atoms with E-state index in [1.807, 2.05) is 24.3 Å². The highest BCUT2D eigenvalue weighted by Crippen LogP contribution is 2.54. The SMILES string of the molecule is O=C(NCc1ccc(Br)cc1)C1CC2CC2C1. The predicted molar refractivity (Wildman–Crippen MR) is 70.3 cm³/mol. The smallest absolute Gasteiger partial charge is 0.223 e. The topological polar surface area (TPSA) is 29.1 Å². The van der Waals surface area contributed by atoms with Crippen molar-refractivity contribution in [3.63, 3.8) is 0 Å². The summed E-state index contributed by atoms with van der Waals surface area (Å²) >= 11 is 3.40. The van der Waals surface area contributed by atoms with Gasteiger partial charge in [0.25, 0.3) is 0 Å². The van der Waals surface area contributed by atoms with Crippen LogP contribution in [0, 0.1) is 17.8 Å². The molecule has 17 heavy (non-hydrogen) atoms. The molecule has 1 aromatic carbocycles. The number of benzene rings is 1. The lowest BCUT2D eigenvalue weighted by Gasteiger charge is -2.12. The van der Waals surface area contributed by atoms with Gasteiger partial charge in [0.15, 0.2) is 0 Å². The standard InChI is InChI=1S/C14H16BrNO/c15-13-3-1-9(2-4-13)8-16-14(17)12-6-10-5-11(10)7-12/h1-4,10-12H,5-8H2,(H,16,17). The number of carbonyl (C=O) groups is 1. The molecule has 1 amide bonds. The van der Waals surface area contributed by atoms with Crippen molar-refractivity contribution in [2.24, 2.45) is 17.8 Å². The van der Waals surface area contributed by atoms with Gasteiger partial charge in [-0.2, -0.15) is 0 Å². The molecule has 3 rings (SSSR count). The lowest BCUT2D eigenvalue weighted by Crippen LogP contribution is -2.29. The zero-order valence-electron chi connectivity index (χ0n) is 9.66. The van der Waals surface area contributed by atoms with Crippen molar-refractivity contribution in [2.75, 3.05) is 0 Å². The second kappa shape index (κ2) is 4.45. The number of amides is 1. The molecule has 2 aliphatic rings. The molecule has 2 fully saturated rings. The summed E-state index contributed by atoms with van der Waals surface area (Å²) in [5.74, 6) is 2.28. The summed E-state index contributed by atoms with van der Waals surface area (Å²) in [7, 11) is 0. The first-order valence-electron chi connectivity index (χ1n) is 6.24. The third kappa shape index (κ3) is 2.54. The molecule has 0 aromatic heterocycles. The van der Waals surface area contributed by atoms with Crippen molar-refractivity contribution in [1.29, 1.82) is 0 Å². The monoisotopic (exact) mass is 293 g/mol. The van der Waals surface area contributed by atoms with E-state index in [-0.39, 0.29) is 11.8 Å². The lowest BCUT2D eigenvalue weighted by molar-refractivity contribution is -0.125. The van der Waals surface area contributed by atoms with Crippen LogP contribution in [0.25, 0.3) is 0 Å². The molecule has 1 aromatic rings.